The molecule has 2 aromatic carbocycles. The Hall–Kier alpha value is -4.05. The van der Waals surface area contributed by atoms with Crippen LogP contribution in [0.3, 0.4) is 0 Å². The Morgan fingerprint density at radius 1 is 1.15 bits per heavy atom. The van der Waals surface area contributed by atoms with E-state index in [1.165, 1.54) is 49.8 Å². The summed E-state index contributed by atoms with van der Waals surface area (Å²) in [6, 6.07) is 8.10. The second kappa shape index (κ2) is 10.7. The average molecular weight is 528 g/mol. The molecule has 0 radical (unpaired) electrons. The summed E-state index contributed by atoms with van der Waals surface area (Å²) in [7, 11) is 1.50. The second-order valence-electron chi connectivity index (χ2n) is 6.92. The SMILES string of the molecule is C=C1C=CC(C(=O)Nc2cc(C(=O)NC(/C=C\N)=NC)ccc2Br)=CN1c1c(F)cccc1F. The van der Waals surface area contributed by atoms with Crippen LogP contribution in [0.2, 0.25) is 0 Å². The molecule has 174 valence electrons. The molecule has 2 aromatic rings. The molecule has 1 aliphatic rings. The molecule has 0 aromatic heterocycles. The van der Waals surface area contributed by atoms with Crippen molar-refractivity contribution < 1.29 is 18.4 Å². The van der Waals surface area contributed by atoms with Crippen molar-refractivity contribution in [1.29, 1.82) is 0 Å². The maximum absolute atomic E-state index is 14.3. The van der Waals surface area contributed by atoms with E-state index in [4.69, 9.17) is 5.73 Å². The minimum atomic E-state index is -0.798. The van der Waals surface area contributed by atoms with Gasteiger partial charge in [0.15, 0.2) is 0 Å². The van der Waals surface area contributed by atoms with Gasteiger partial charge in [0.1, 0.15) is 23.2 Å². The van der Waals surface area contributed by atoms with Crippen molar-refractivity contribution in [3.05, 3.63) is 107 Å². The Labute approximate surface area is 203 Å². The number of hydrogen-bond acceptors (Lipinski definition) is 5. The minimum absolute atomic E-state index is 0.116. The highest BCUT2D eigenvalue weighted by atomic mass is 79.9. The Balaban J connectivity index is 1.85. The number of nitrogens with zero attached hydrogens (tertiary/aromatic N) is 2. The van der Waals surface area contributed by atoms with E-state index in [9.17, 15) is 18.4 Å². The van der Waals surface area contributed by atoms with Crippen LogP contribution in [0.5, 0.6) is 0 Å². The monoisotopic (exact) mass is 527 g/mol. The second-order valence-corrected chi connectivity index (χ2v) is 7.77. The van der Waals surface area contributed by atoms with Gasteiger partial charge < -0.3 is 21.3 Å². The summed E-state index contributed by atoms with van der Waals surface area (Å²) in [6.45, 7) is 3.78. The Morgan fingerprint density at radius 2 is 1.85 bits per heavy atom. The van der Waals surface area contributed by atoms with Crippen LogP contribution in [0, 0.1) is 11.6 Å². The molecule has 1 aliphatic heterocycles. The zero-order valence-corrected chi connectivity index (χ0v) is 19.6. The fourth-order valence-electron chi connectivity index (χ4n) is 3.00. The Morgan fingerprint density at radius 3 is 2.50 bits per heavy atom. The van der Waals surface area contributed by atoms with Crippen molar-refractivity contribution in [2.45, 2.75) is 0 Å². The van der Waals surface area contributed by atoms with Gasteiger partial charge in [0, 0.05) is 29.0 Å². The van der Waals surface area contributed by atoms with Gasteiger partial charge in [-0.25, -0.2) is 8.78 Å². The Kier molecular flexibility index (Phi) is 7.75. The van der Waals surface area contributed by atoms with E-state index < -0.39 is 23.4 Å². The number of amidine groups is 1. The van der Waals surface area contributed by atoms with E-state index in [0.29, 0.717) is 10.2 Å². The van der Waals surface area contributed by atoms with Gasteiger partial charge in [-0.15, -0.1) is 0 Å². The summed E-state index contributed by atoms with van der Waals surface area (Å²) in [5, 5.41) is 5.28. The van der Waals surface area contributed by atoms with Gasteiger partial charge in [-0.3, -0.25) is 14.6 Å². The lowest BCUT2D eigenvalue weighted by Crippen LogP contribution is -2.29. The molecule has 2 amide bonds. The molecule has 0 atom stereocenters. The third kappa shape index (κ3) is 5.46. The number of carbonyl (C=O) groups excluding carboxylic acids is 2. The maximum Gasteiger partial charge on any atom is 0.257 e. The minimum Gasteiger partial charge on any atom is -0.404 e. The van der Waals surface area contributed by atoms with Gasteiger partial charge in [0.25, 0.3) is 11.8 Å². The van der Waals surface area contributed by atoms with Crippen LogP contribution in [0.1, 0.15) is 10.4 Å². The summed E-state index contributed by atoms with van der Waals surface area (Å²) in [5.74, 6) is -2.36. The highest BCUT2D eigenvalue weighted by Gasteiger charge is 2.22. The highest BCUT2D eigenvalue weighted by Crippen LogP contribution is 2.30. The van der Waals surface area contributed by atoms with Crippen LogP contribution in [-0.2, 0) is 4.79 Å². The number of amides is 2. The van der Waals surface area contributed by atoms with E-state index in [-0.39, 0.29) is 28.4 Å². The van der Waals surface area contributed by atoms with Crippen molar-refractivity contribution in [3.63, 3.8) is 0 Å². The Bertz CT molecular complexity index is 1260. The first kappa shape index (κ1) is 24.6. The average Bonchev–Trinajstić information content (AvgIpc) is 2.81. The molecule has 0 bridgehead atoms. The predicted octanol–water partition coefficient (Wildman–Crippen LogP) is 4.37. The van der Waals surface area contributed by atoms with Crippen LogP contribution in [0.25, 0.3) is 0 Å². The van der Waals surface area contributed by atoms with Crippen LogP contribution >= 0.6 is 15.9 Å². The van der Waals surface area contributed by atoms with Crippen LogP contribution in [0.4, 0.5) is 20.2 Å². The molecule has 0 saturated carbocycles. The zero-order valence-electron chi connectivity index (χ0n) is 18.0. The molecular weight excluding hydrogens is 508 g/mol. The highest BCUT2D eigenvalue weighted by molar-refractivity contribution is 9.10. The van der Waals surface area contributed by atoms with E-state index in [0.717, 1.165) is 17.0 Å². The van der Waals surface area contributed by atoms with E-state index in [1.807, 2.05) is 0 Å². The molecule has 0 aliphatic carbocycles. The van der Waals surface area contributed by atoms with Gasteiger partial charge in [0.05, 0.1) is 11.3 Å². The number of hydrogen-bond donors (Lipinski definition) is 3. The molecule has 1 heterocycles. The lowest BCUT2D eigenvalue weighted by atomic mass is 10.1. The van der Waals surface area contributed by atoms with Crippen LogP contribution < -0.4 is 21.3 Å². The fraction of sp³-hybridized carbons (Fsp3) is 0.0417. The van der Waals surface area contributed by atoms with E-state index >= 15 is 0 Å². The molecule has 7 nitrogen and oxygen atoms in total. The van der Waals surface area contributed by atoms with E-state index in [1.54, 1.807) is 12.1 Å². The molecule has 0 fully saturated rings. The van der Waals surface area contributed by atoms with Crippen LogP contribution in [0.15, 0.2) is 94.3 Å². The number of benzene rings is 2. The third-order valence-electron chi connectivity index (χ3n) is 4.69. The number of rotatable bonds is 5. The first-order valence-electron chi connectivity index (χ1n) is 9.84. The lowest BCUT2D eigenvalue weighted by Gasteiger charge is -2.25. The zero-order chi connectivity index (χ0) is 24.8. The summed E-state index contributed by atoms with van der Waals surface area (Å²) in [5.41, 5.74) is 5.94. The fourth-order valence-corrected chi connectivity index (χ4v) is 3.35. The number of aliphatic imine (C=N–C) groups is 1. The molecule has 4 N–H and O–H groups in total. The van der Waals surface area contributed by atoms with Gasteiger partial charge in [-0.2, -0.15) is 0 Å². The molecule has 10 heteroatoms. The van der Waals surface area contributed by atoms with Crippen molar-refractivity contribution in [1.82, 2.24) is 5.32 Å². The lowest BCUT2D eigenvalue weighted by molar-refractivity contribution is -0.112. The first-order chi connectivity index (χ1) is 16.2. The van der Waals surface area contributed by atoms with Gasteiger partial charge in [0.2, 0.25) is 0 Å². The normalized spacial score (nSPS) is 13.8. The van der Waals surface area contributed by atoms with Crippen molar-refractivity contribution in [3.8, 4) is 0 Å². The van der Waals surface area contributed by atoms with Crippen molar-refractivity contribution in [2.24, 2.45) is 10.7 Å². The largest absolute Gasteiger partial charge is 0.404 e. The van der Waals surface area contributed by atoms with Crippen molar-refractivity contribution >= 4 is 45.0 Å². The number of nitrogens with two attached hydrogens (primary N) is 1. The number of para-hydroxylation sites is 1. The van der Waals surface area contributed by atoms with Crippen LogP contribution in [-0.4, -0.2) is 24.7 Å². The molecular formula is C24H20BrF2N5O2. The first-order valence-corrected chi connectivity index (χ1v) is 10.6. The number of anilines is 2. The number of nitrogens with one attached hydrogen (secondary N) is 2. The molecule has 0 saturated heterocycles. The smallest absolute Gasteiger partial charge is 0.257 e. The molecule has 3 rings (SSSR count). The van der Waals surface area contributed by atoms with E-state index in [2.05, 4.69) is 38.1 Å². The quantitative estimate of drug-likeness (QED) is 0.397. The van der Waals surface area contributed by atoms with Gasteiger partial charge in [-0.05, 0) is 70.7 Å². The third-order valence-corrected chi connectivity index (χ3v) is 5.38. The molecule has 0 spiro atoms. The summed E-state index contributed by atoms with van der Waals surface area (Å²) >= 11 is 3.34. The van der Waals surface area contributed by atoms with Crippen molar-refractivity contribution in [2.75, 3.05) is 17.3 Å². The number of allylic oxidation sites excluding steroid dienone is 1. The number of halogens is 3. The van der Waals surface area contributed by atoms with Gasteiger partial charge >= 0.3 is 0 Å². The number of carbonyl (C=O) groups is 2. The maximum atomic E-state index is 14.3. The standard InChI is InChI=1S/C24H20BrF2N5O2/c1-14-6-7-16(13-32(14)22-18(26)4-3-5-19(22)27)24(34)30-20-12-15(8-9-17(20)25)23(33)31-21(29-2)10-11-28/h3-13H,1,28H2,2H3,(H,30,34)(H,29,31,33)/b11-10-. The predicted molar refractivity (Wildman–Crippen MR) is 132 cm³/mol. The molecule has 0 unspecified atom stereocenters. The topological polar surface area (TPSA) is 99.8 Å². The summed E-state index contributed by atoms with van der Waals surface area (Å²) in [4.78, 5) is 30.5. The summed E-state index contributed by atoms with van der Waals surface area (Å²) in [6.07, 6.45) is 6.90. The van der Waals surface area contributed by atoms with Gasteiger partial charge in [-0.1, -0.05) is 12.6 Å². The summed E-state index contributed by atoms with van der Waals surface area (Å²) < 4.78 is 29.1. The molecule has 34 heavy (non-hydrogen) atoms.